The second-order valence-electron chi connectivity index (χ2n) is 5.49. The monoisotopic (exact) mass is 263 g/mol. The fourth-order valence-electron chi connectivity index (χ4n) is 2.44. The third-order valence-electron chi connectivity index (χ3n) is 3.43. The van der Waals surface area contributed by atoms with Crippen LogP contribution in [0, 0.1) is 5.92 Å². The number of benzene rings is 1. The molecule has 1 aromatic rings. The molecular weight excluding hydrogens is 242 g/mol. The highest BCUT2D eigenvalue weighted by Gasteiger charge is 2.33. The van der Waals surface area contributed by atoms with E-state index in [1.807, 2.05) is 38.1 Å². The van der Waals surface area contributed by atoms with E-state index >= 15 is 0 Å². The van der Waals surface area contributed by atoms with E-state index in [2.05, 4.69) is 5.32 Å². The number of methoxy groups -OCH3 is 1. The Hall–Kier alpha value is -1.55. The molecule has 4 nitrogen and oxygen atoms in total. The van der Waals surface area contributed by atoms with Gasteiger partial charge in [-0.05, 0) is 38.8 Å². The molecule has 0 spiro atoms. The highest BCUT2D eigenvalue weighted by Crippen LogP contribution is 2.30. The van der Waals surface area contributed by atoms with Crippen molar-refractivity contribution >= 4 is 11.6 Å². The SMILES string of the molecule is COc1ccccc1NC(=O)[C@H]1CCOC(C)(C)C1. The van der Waals surface area contributed by atoms with Crippen molar-refractivity contribution in [3.63, 3.8) is 0 Å². The molecule has 0 aromatic heterocycles. The Morgan fingerprint density at radius 2 is 2.16 bits per heavy atom. The van der Waals surface area contributed by atoms with Gasteiger partial charge in [0.25, 0.3) is 0 Å². The molecule has 1 aliphatic rings. The summed E-state index contributed by atoms with van der Waals surface area (Å²) in [4.78, 5) is 12.3. The highest BCUT2D eigenvalue weighted by molar-refractivity contribution is 5.94. The zero-order valence-corrected chi connectivity index (χ0v) is 11.7. The van der Waals surface area contributed by atoms with E-state index in [0.717, 1.165) is 18.5 Å². The largest absolute Gasteiger partial charge is 0.495 e. The predicted octanol–water partition coefficient (Wildman–Crippen LogP) is 2.84. The van der Waals surface area contributed by atoms with Gasteiger partial charge < -0.3 is 14.8 Å². The second kappa shape index (κ2) is 5.61. The van der Waals surface area contributed by atoms with Gasteiger partial charge in [-0.15, -0.1) is 0 Å². The molecule has 2 rings (SSSR count). The number of nitrogens with one attached hydrogen (secondary N) is 1. The summed E-state index contributed by atoms with van der Waals surface area (Å²) >= 11 is 0. The van der Waals surface area contributed by atoms with Crippen LogP contribution >= 0.6 is 0 Å². The van der Waals surface area contributed by atoms with Crippen molar-refractivity contribution in [2.24, 2.45) is 5.92 Å². The normalized spacial score (nSPS) is 21.7. The Labute approximate surface area is 114 Å². The van der Waals surface area contributed by atoms with Crippen LogP contribution < -0.4 is 10.1 Å². The second-order valence-corrected chi connectivity index (χ2v) is 5.49. The Morgan fingerprint density at radius 1 is 1.42 bits per heavy atom. The van der Waals surface area contributed by atoms with E-state index in [0.29, 0.717) is 12.4 Å². The van der Waals surface area contributed by atoms with Crippen molar-refractivity contribution in [2.75, 3.05) is 19.0 Å². The molecule has 1 N–H and O–H groups in total. The molecule has 0 aliphatic carbocycles. The molecule has 0 unspecified atom stereocenters. The fourth-order valence-corrected chi connectivity index (χ4v) is 2.44. The summed E-state index contributed by atoms with van der Waals surface area (Å²) in [7, 11) is 1.60. The number of hydrogen-bond donors (Lipinski definition) is 1. The van der Waals surface area contributed by atoms with E-state index in [1.54, 1.807) is 7.11 Å². The maximum atomic E-state index is 12.3. The van der Waals surface area contributed by atoms with E-state index in [-0.39, 0.29) is 17.4 Å². The van der Waals surface area contributed by atoms with Crippen molar-refractivity contribution in [3.8, 4) is 5.75 Å². The molecular formula is C15H21NO3. The lowest BCUT2D eigenvalue weighted by Gasteiger charge is -2.34. The van der Waals surface area contributed by atoms with Gasteiger partial charge in [0.1, 0.15) is 5.75 Å². The predicted molar refractivity (Wildman–Crippen MR) is 74.4 cm³/mol. The quantitative estimate of drug-likeness (QED) is 0.912. The van der Waals surface area contributed by atoms with Gasteiger partial charge >= 0.3 is 0 Å². The first-order valence-electron chi connectivity index (χ1n) is 6.60. The standard InChI is InChI=1S/C15H21NO3/c1-15(2)10-11(8-9-19-15)14(17)16-12-6-4-5-7-13(12)18-3/h4-7,11H,8-10H2,1-3H3,(H,16,17)/t11-/m0/s1. The molecule has 104 valence electrons. The van der Waals surface area contributed by atoms with Gasteiger partial charge in [-0.2, -0.15) is 0 Å². The maximum Gasteiger partial charge on any atom is 0.227 e. The van der Waals surface area contributed by atoms with Gasteiger partial charge in [-0.25, -0.2) is 0 Å². The molecule has 0 saturated carbocycles. The smallest absolute Gasteiger partial charge is 0.227 e. The number of carbonyl (C=O) groups is 1. The number of rotatable bonds is 3. The highest BCUT2D eigenvalue weighted by atomic mass is 16.5. The van der Waals surface area contributed by atoms with Crippen molar-refractivity contribution in [1.82, 2.24) is 0 Å². The van der Waals surface area contributed by atoms with Crippen LogP contribution in [0.1, 0.15) is 26.7 Å². The van der Waals surface area contributed by atoms with Gasteiger partial charge in [0.05, 0.1) is 18.4 Å². The molecule has 0 radical (unpaired) electrons. The lowest BCUT2D eigenvalue weighted by atomic mass is 9.88. The minimum Gasteiger partial charge on any atom is -0.495 e. The summed E-state index contributed by atoms with van der Waals surface area (Å²) in [6, 6.07) is 7.45. The Balaban J connectivity index is 2.04. The topological polar surface area (TPSA) is 47.6 Å². The van der Waals surface area contributed by atoms with Crippen LogP contribution in [-0.2, 0) is 9.53 Å². The summed E-state index contributed by atoms with van der Waals surface area (Å²) in [5.41, 5.74) is 0.500. The van der Waals surface area contributed by atoms with Crippen LogP contribution in [0.2, 0.25) is 0 Å². The van der Waals surface area contributed by atoms with Crippen molar-refractivity contribution < 1.29 is 14.3 Å². The van der Waals surface area contributed by atoms with Crippen molar-refractivity contribution in [2.45, 2.75) is 32.3 Å². The van der Waals surface area contributed by atoms with Gasteiger partial charge in [-0.1, -0.05) is 12.1 Å². The molecule has 1 amide bonds. The number of anilines is 1. The molecule has 1 aliphatic heterocycles. The first-order chi connectivity index (χ1) is 9.02. The Kier molecular flexibility index (Phi) is 4.10. The molecule has 1 atom stereocenters. The summed E-state index contributed by atoms with van der Waals surface area (Å²) in [5.74, 6) is 0.719. The van der Waals surface area contributed by atoms with Gasteiger partial charge in [-0.3, -0.25) is 4.79 Å². The zero-order valence-electron chi connectivity index (χ0n) is 11.7. The average molecular weight is 263 g/mol. The van der Waals surface area contributed by atoms with Crippen LogP contribution in [-0.4, -0.2) is 25.2 Å². The van der Waals surface area contributed by atoms with Crippen molar-refractivity contribution in [3.05, 3.63) is 24.3 Å². The molecule has 0 bridgehead atoms. The molecule has 1 fully saturated rings. The minimum absolute atomic E-state index is 0.00587. The number of para-hydroxylation sites is 2. The number of hydrogen-bond acceptors (Lipinski definition) is 3. The lowest BCUT2D eigenvalue weighted by molar-refractivity contribution is -0.130. The zero-order chi connectivity index (χ0) is 13.9. The summed E-state index contributed by atoms with van der Waals surface area (Å²) < 4.78 is 10.9. The molecule has 1 aromatic carbocycles. The van der Waals surface area contributed by atoms with Crippen LogP contribution in [0.3, 0.4) is 0 Å². The number of ether oxygens (including phenoxy) is 2. The molecule has 1 saturated heterocycles. The van der Waals surface area contributed by atoms with Crippen molar-refractivity contribution in [1.29, 1.82) is 0 Å². The first-order valence-corrected chi connectivity index (χ1v) is 6.60. The van der Waals surface area contributed by atoms with Crippen LogP contribution in [0.15, 0.2) is 24.3 Å². The minimum atomic E-state index is -0.221. The van der Waals surface area contributed by atoms with E-state index in [4.69, 9.17) is 9.47 Å². The number of carbonyl (C=O) groups excluding carboxylic acids is 1. The van der Waals surface area contributed by atoms with Gasteiger partial charge in [0.15, 0.2) is 0 Å². The summed E-state index contributed by atoms with van der Waals surface area (Å²) in [6.07, 6.45) is 1.51. The molecule has 19 heavy (non-hydrogen) atoms. The van der Waals surface area contributed by atoms with E-state index < -0.39 is 0 Å². The maximum absolute atomic E-state index is 12.3. The van der Waals surface area contributed by atoms with Gasteiger partial charge in [0.2, 0.25) is 5.91 Å². The Bertz CT molecular complexity index is 456. The first kappa shape index (κ1) is 13.9. The van der Waals surface area contributed by atoms with Gasteiger partial charge in [0, 0.05) is 12.5 Å². The fraction of sp³-hybridized carbons (Fsp3) is 0.533. The average Bonchev–Trinajstić information content (AvgIpc) is 2.38. The lowest BCUT2D eigenvalue weighted by Crippen LogP contribution is -2.39. The van der Waals surface area contributed by atoms with Crippen LogP contribution in [0.4, 0.5) is 5.69 Å². The Morgan fingerprint density at radius 3 is 2.84 bits per heavy atom. The summed E-state index contributed by atoms with van der Waals surface area (Å²) in [6.45, 7) is 4.68. The summed E-state index contributed by atoms with van der Waals surface area (Å²) in [5, 5.41) is 2.95. The van der Waals surface area contributed by atoms with Crippen LogP contribution in [0.5, 0.6) is 5.75 Å². The van der Waals surface area contributed by atoms with Crippen LogP contribution in [0.25, 0.3) is 0 Å². The third-order valence-corrected chi connectivity index (χ3v) is 3.43. The third kappa shape index (κ3) is 3.47. The number of amides is 1. The molecule has 1 heterocycles. The van der Waals surface area contributed by atoms with E-state index in [1.165, 1.54) is 0 Å². The molecule has 4 heteroatoms. The van der Waals surface area contributed by atoms with E-state index in [9.17, 15) is 4.79 Å².